The second-order valence-corrected chi connectivity index (χ2v) is 3.75. The van der Waals surface area contributed by atoms with Gasteiger partial charge in [-0.2, -0.15) is 0 Å². The minimum absolute atomic E-state index is 0.0191. The summed E-state index contributed by atoms with van der Waals surface area (Å²) in [5, 5.41) is 9.47. The maximum Gasteiger partial charge on any atom is 0.0568 e. The molecule has 0 radical (unpaired) electrons. The maximum absolute atomic E-state index is 9.47. The summed E-state index contributed by atoms with van der Waals surface area (Å²) in [6.45, 7) is 5.92. The van der Waals surface area contributed by atoms with Gasteiger partial charge < -0.3 is 5.11 Å². The zero-order valence-electron chi connectivity index (χ0n) is 7.34. The molecular formula is C10H18O. The van der Waals surface area contributed by atoms with Crippen LogP contribution >= 0.6 is 0 Å². The fourth-order valence-electron chi connectivity index (χ4n) is 1.79. The topological polar surface area (TPSA) is 20.2 Å². The molecule has 1 rings (SSSR count). The van der Waals surface area contributed by atoms with Gasteiger partial charge in [0.05, 0.1) is 6.10 Å². The lowest BCUT2D eigenvalue weighted by Crippen LogP contribution is -2.12. The Balaban J connectivity index is 2.20. The Labute approximate surface area is 69.1 Å². The molecule has 0 heterocycles. The van der Waals surface area contributed by atoms with Crippen LogP contribution in [0.1, 0.15) is 39.0 Å². The van der Waals surface area contributed by atoms with Crippen molar-refractivity contribution in [3.8, 4) is 0 Å². The predicted octanol–water partition coefficient (Wildman–Crippen LogP) is 2.50. The normalized spacial score (nSPS) is 30.7. The van der Waals surface area contributed by atoms with Crippen molar-refractivity contribution in [3.63, 3.8) is 0 Å². The molecule has 0 spiro atoms. The SMILES string of the molecule is C=C(C)CC[C@@H]1CCC[C@H]1O. The van der Waals surface area contributed by atoms with Gasteiger partial charge in [0, 0.05) is 0 Å². The second-order valence-electron chi connectivity index (χ2n) is 3.75. The summed E-state index contributed by atoms with van der Waals surface area (Å²) in [5.41, 5.74) is 1.24. The lowest BCUT2D eigenvalue weighted by atomic mass is 9.97. The van der Waals surface area contributed by atoms with Gasteiger partial charge in [0.25, 0.3) is 0 Å². The van der Waals surface area contributed by atoms with Crippen LogP contribution in [0.15, 0.2) is 12.2 Å². The van der Waals surface area contributed by atoms with Gasteiger partial charge in [-0.05, 0) is 38.5 Å². The molecule has 1 aliphatic rings. The zero-order valence-corrected chi connectivity index (χ0v) is 7.34. The van der Waals surface area contributed by atoms with Crippen molar-refractivity contribution in [1.82, 2.24) is 0 Å². The average Bonchev–Trinajstić information content (AvgIpc) is 2.31. The predicted molar refractivity (Wildman–Crippen MR) is 47.4 cm³/mol. The van der Waals surface area contributed by atoms with Gasteiger partial charge in [-0.1, -0.05) is 12.0 Å². The fourth-order valence-corrected chi connectivity index (χ4v) is 1.79. The molecule has 0 aliphatic heterocycles. The number of hydrogen-bond donors (Lipinski definition) is 1. The molecular weight excluding hydrogens is 136 g/mol. The lowest BCUT2D eigenvalue weighted by molar-refractivity contribution is 0.128. The van der Waals surface area contributed by atoms with E-state index in [4.69, 9.17) is 0 Å². The van der Waals surface area contributed by atoms with Crippen molar-refractivity contribution in [3.05, 3.63) is 12.2 Å². The van der Waals surface area contributed by atoms with E-state index in [1.165, 1.54) is 18.4 Å². The maximum atomic E-state index is 9.47. The third-order valence-corrected chi connectivity index (χ3v) is 2.56. The Morgan fingerprint density at radius 3 is 2.73 bits per heavy atom. The Hall–Kier alpha value is -0.300. The van der Waals surface area contributed by atoms with Crippen LogP contribution in [0, 0.1) is 5.92 Å². The molecule has 1 nitrogen and oxygen atoms in total. The van der Waals surface area contributed by atoms with E-state index in [1.54, 1.807) is 0 Å². The molecule has 0 unspecified atom stereocenters. The molecule has 2 atom stereocenters. The fraction of sp³-hybridized carbons (Fsp3) is 0.800. The minimum Gasteiger partial charge on any atom is -0.393 e. The van der Waals surface area contributed by atoms with Crippen LogP contribution in [0.2, 0.25) is 0 Å². The summed E-state index contributed by atoms with van der Waals surface area (Å²) in [6.07, 6.45) is 5.64. The van der Waals surface area contributed by atoms with Crippen LogP contribution in [0.5, 0.6) is 0 Å². The largest absolute Gasteiger partial charge is 0.393 e. The first-order valence-corrected chi connectivity index (χ1v) is 4.52. The summed E-state index contributed by atoms with van der Waals surface area (Å²) >= 11 is 0. The molecule has 0 saturated heterocycles. The van der Waals surface area contributed by atoms with Crippen molar-refractivity contribution in [2.24, 2.45) is 5.92 Å². The Kier molecular flexibility index (Phi) is 3.13. The molecule has 0 aromatic heterocycles. The smallest absolute Gasteiger partial charge is 0.0568 e. The van der Waals surface area contributed by atoms with Crippen molar-refractivity contribution in [2.75, 3.05) is 0 Å². The highest BCUT2D eigenvalue weighted by Gasteiger charge is 2.24. The van der Waals surface area contributed by atoms with Gasteiger partial charge >= 0.3 is 0 Å². The number of hydrogen-bond acceptors (Lipinski definition) is 1. The Morgan fingerprint density at radius 2 is 2.27 bits per heavy atom. The number of rotatable bonds is 3. The van der Waals surface area contributed by atoms with E-state index in [0.717, 1.165) is 19.3 Å². The molecule has 1 saturated carbocycles. The van der Waals surface area contributed by atoms with Crippen LogP contribution in [0.25, 0.3) is 0 Å². The molecule has 64 valence electrons. The summed E-state index contributed by atoms with van der Waals surface area (Å²) in [7, 11) is 0. The quantitative estimate of drug-likeness (QED) is 0.619. The van der Waals surface area contributed by atoms with E-state index in [2.05, 4.69) is 13.5 Å². The third kappa shape index (κ3) is 2.66. The molecule has 1 aliphatic carbocycles. The first kappa shape index (κ1) is 8.79. The van der Waals surface area contributed by atoms with E-state index >= 15 is 0 Å². The Bertz CT molecular complexity index is 140. The zero-order chi connectivity index (χ0) is 8.27. The lowest BCUT2D eigenvalue weighted by Gasteiger charge is -2.13. The highest BCUT2D eigenvalue weighted by atomic mass is 16.3. The van der Waals surface area contributed by atoms with Crippen molar-refractivity contribution < 1.29 is 5.11 Å². The van der Waals surface area contributed by atoms with Crippen LogP contribution in [-0.2, 0) is 0 Å². The summed E-state index contributed by atoms with van der Waals surface area (Å²) in [5.74, 6) is 0.562. The van der Waals surface area contributed by atoms with E-state index in [-0.39, 0.29) is 6.10 Å². The van der Waals surface area contributed by atoms with Gasteiger partial charge in [0.1, 0.15) is 0 Å². The highest BCUT2D eigenvalue weighted by molar-refractivity contribution is 4.90. The van der Waals surface area contributed by atoms with E-state index < -0.39 is 0 Å². The van der Waals surface area contributed by atoms with Gasteiger partial charge in [0.2, 0.25) is 0 Å². The van der Waals surface area contributed by atoms with Gasteiger partial charge in [0.15, 0.2) is 0 Å². The molecule has 1 fully saturated rings. The molecule has 11 heavy (non-hydrogen) atoms. The molecule has 1 heteroatoms. The minimum atomic E-state index is -0.0191. The van der Waals surface area contributed by atoms with E-state index in [1.807, 2.05) is 0 Å². The molecule has 0 aromatic carbocycles. The van der Waals surface area contributed by atoms with Gasteiger partial charge in [-0.3, -0.25) is 0 Å². The summed E-state index contributed by atoms with van der Waals surface area (Å²) < 4.78 is 0. The van der Waals surface area contributed by atoms with Crippen LogP contribution in [-0.4, -0.2) is 11.2 Å². The summed E-state index contributed by atoms with van der Waals surface area (Å²) in [4.78, 5) is 0. The molecule has 1 N–H and O–H groups in total. The van der Waals surface area contributed by atoms with Crippen molar-refractivity contribution in [2.45, 2.75) is 45.1 Å². The third-order valence-electron chi connectivity index (χ3n) is 2.56. The average molecular weight is 154 g/mol. The molecule has 0 bridgehead atoms. The van der Waals surface area contributed by atoms with E-state index in [9.17, 15) is 5.11 Å². The first-order valence-electron chi connectivity index (χ1n) is 4.52. The van der Waals surface area contributed by atoms with Crippen LogP contribution in [0.4, 0.5) is 0 Å². The monoisotopic (exact) mass is 154 g/mol. The van der Waals surface area contributed by atoms with Crippen LogP contribution in [0.3, 0.4) is 0 Å². The van der Waals surface area contributed by atoms with Crippen molar-refractivity contribution >= 4 is 0 Å². The summed E-state index contributed by atoms with van der Waals surface area (Å²) in [6, 6.07) is 0. The second kappa shape index (κ2) is 3.91. The number of aliphatic hydroxyl groups is 1. The van der Waals surface area contributed by atoms with Gasteiger partial charge in [-0.15, -0.1) is 6.58 Å². The first-order chi connectivity index (χ1) is 5.20. The van der Waals surface area contributed by atoms with Gasteiger partial charge in [-0.25, -0.2) is 0 Å². The number of aliphatic hydroxyl groups excluding tert-OH is 1. The molecule has 0 aromatic rings. The van der Waals surface area contributed by atoms with Crippen molar-refractivity contribution in [1.29, 1.82) is 0 Å². The van der Waals surface area contributed by atoms with Crippen LogP contribution < -0.4 is 0 Å². The standard InChI is InChI=1S/C10H18O/c1-8(2)6-7-9-4-3-5-10(9)11/h9-11H,1,3-7H2,2H3/t9-,10+/m0/s1. The Morgan fingerprint density at radius 1 is 1.55 bits per heavy atom. The highest BCUT2D eigenvalue weighted by Crippen LogP contribution is 2.29. The molecule has 0 amide bonds. The van der Waals surface area contributed by atoms with E-state index in [0.29, 0.717) is 5.92 Å². The number of allylic oxidation sites excluding steroid dienone is 1.